The summed E-state index contributed by atoms with van der Waals surface area (Å²) in [6.07, 6.45) is 0.664. The molecule has 0 spiro atoms. The first-order chi connectivity index (χ1) is 11.1. The lowest BCUT2D eigenvalue weighted by Crippen LogP contribution is -2.05. The lowest BCUT2D eigenvalue weighted by molar-refractivity contribution is 0.305. The summed E-state index contributed by atoms with van der Waals surface area (Å²) in [7, 11) is 0. The van der Waals surface area contributed by atoms with E-state index in [9.17, 15) is 5.26 Å². The van der Waals surface area contributed by atoms with Crippen molar-refractivity contribution in [1.29, 1.82) is 5.26 Å². The van der Waals surface area contributed by atoms with E-state index in [1.165, 1.54) is 11.1 Å². The monoisotopic (exact) mass is 309 g/mol. The molecule has 3 heteroatoms. The molecular weight excluding hydrogens is 286 g/mol. The molecule has 2 aromatic rings. The van der Waals surface area contributed by atoms with Crippen molar-refractivity contribution in [2.45, 2.75) is 33.1 Å². The summed E-state index contributed by atoms with van der Waals surface area (Å²) < 4.78 is 11.2. The van der Waals surface area contributed by atoms with Crippen LogP contribution in [0.1, 0.15) is 36.0 Å². The number of nitrogens with zero attached hydrogens (tertiary/aromatic N) is 1. The molecular formula is C20H23NO2. The summed E-state index contributed by atoms with van der Waals surface area (Å²) in [6.45, 7) is 7.27. The summed E-state index contributed by atoms with van der Waals surface area (Å²) in [5.74, 6) is 1.52. The Labute approximate surface area is 138 Å². The number of hydrogen-bond acceptors (Lipinski definition) is 3. The van der Waals surface area contributed by atoms with Crippen LogP contribution in [0.25, 0.3) is 0 Å². The molecule has 0 bridgehead atoms. The van der Waals surface area contributed by atoms with Crippen molar-refractivity contribution in [3.05, 3.63) is 59.2 Å². The average Bonchev–Trinajstić information content (AvgIpc) is 2.56. The van der Waals surface area contributed by atoms with E-state index < -0.39 is 0 Å². The quantitative estimate of drug-likeness (QED) is 0.739. The molecule has 120 valence electrons. The number of ether oxygens (including phenoxy) is 2. The standard InChI is InChI=1S/C20H23NO2/c1-4-22-19-9-6-17(7-10-19)18(14-21)11-12-23-20-8-5-15(2)16(3)13-20/h5-10,13,18H,4,11-12H2,1-3H3. The van der Waals surface area contributed by atoms with Gasteiger partial charge in [-0.15, -0.1) is 0 Å². The molecule has 0 fully saturated rings. The van der Waals surface area contributed by atoms with E-state index in [2.05, 4.69) is 26.0 Å². The number of rotatable bonds is 7. The SMILES string of the molecule is CCOc1ccc(C(C#N)CCOc2ccc(C)c(C)c2)cc1. The third kappa shape index (κ3) is 4.75. The second-order valence-corrected chi connectivity index (χ2v) is 5.57. The molecule has 2 aromatic carbocycles. The molecule has 0 heterocycles. The van der Waals surface area contributed by atoms with E-state index in [0.717, 1.165) is 17.1 Å². The third-order valence-electron chi connectivity index (χ3n) is 3.90. The summed E-state index contributed by atoms with van der Waals surface area (Å²) in [6, 6.07) is 16.1. The Morgan fingerprint density at radius 2 is 1.65 bits per heavy atom. The van der Waals surface area contributed by atoms with Gasteiger partial charge in [-0.3, -0.25) is 0 Å². The van der Waals surface area contributed by atoms with Crippen molar-refractivity contribution in [1.82, 2.24) is 0 Å². The lowest BCUT2D eigenvalue weighted by atomic mass is 9.97. The second kappa shape index (κ2) is 8.24. The lowest BCUT2D eigenvalue weighted by Gasteiger charge is -2.12. The van der Waals surface area contributed by atoms with Gasteiger partial charge in [0.1, 0.15) is 11.5 Å². The molecule has 23 heavy (non-hydrogen) atoms. The van der Waals surface area contributed by atoms with E-state index in [1.807, 2.05) is 43.3 Å². The van der Waals surface area contributed by atoms with Crippen LogP contribution < -0.4 is 9.47 Å². The highest BCUT2D eigenvalue weighted by atomic mass is 16.5. The molecule has 2 rings (SSSR count). The molecule has 3 nitrogen and oxygen atoms in total. The number of aryl methyl sites for hydroxylation is 2. The Morgan fingerprint density at radius 3 is 2.26 bits per heavy atom. The minimum absolute atomic E-state index is 0.169. The zero-order valence-electron chi connectivity index (χ0n) is 14.0. The van der Waals surface area contributed by atoms with Gasteiger partial charge in [-0.2, -0.15) is 5.26 Å². The maximum Gasteiger partial charge on any atom is 0.119 e. The molecule has 1 unspecified atom stereocenters. The van der Waals surface area contributed by atoms with Crippen molar-refractivity contribution < 1.29 is 9.47 Å². The zero-order chi connectivity index (χ0) is 16.7. The van der Waals surface area contributed by atoms with Crippen LogP contribution in [0.2, 0.25) is 0 Å². The van der Waals surface area contributed by atoms with Gasteiger partial charge >= 0.3 is 0 Å². The molecule has 0 N–H and O–H groups in total. The second-order valence-electron chi connectivity index (χ2n) is 5.57. The third-order valence-corrected chi connectivity index (χ3v) is 3.90. The molecule has 0 aliphatic heterocycles. The van der Waals surface area contributed by atoms with E-state index in [-0.39, 0.29) is 5.92 Å². The van der Waals surface area contributed by atoms with E-state index in [4.69, 9.17) is 9.47 Å². The molecule has 0 radical (unpaired) electrons. The van der Waals surface area contributed by atoms with Crippen LogP contribution in [0.5, 0.6) is 11.5 Å². The van der Waals surface area contributed by atoms with E-state index in [0.29, 0.717) is 19.6 Å². The minimum atomic E-state index is -0.169. The molecule has 1 atom stereocenters. The Kier molecular flexibility index (Phi) is 6.05. The first-order valence-electron chi connectivity index (χ1n) is 7.96. The van der Waals surface area contributed by atoms with Gasteiger partial charge in [0.2, 0.25) is 0 Å². The van der Waals surface area contributed by atoms with Gasteiger partial charge in [-0.25, -0.2) is 0 Å². The average molecular weight is 309 g/mol. The van der Waals surface area contributed by atoms with Gasteiger partial charge in [0, 0.05) is 6.42 Å². The van der Waals surface area contributed by atoms with Crippen LogP contribution >= 0.6 is 0 Å². The number of benzene rings is 2. The van der Waals surface area contributed by atoms with Gasteiger partial charge in [-0.05, 0) is 61.7 Å². The minimum Gasteiger partial charge on any atom is -0.494 e. The highest BCUT2D eigenvalue weighted by Gasteiger charge is 2.11. The molecule has 0 aliphatic carbocycles. The Balaban J connectivity index is 1.92. The van der Waals surface area contributed by atoms with E-state index in [1.54, 1.807) is 0 Å². The number of nitriles is 1. The molecule has 0 saturated carbocycles. The Hall–Kier alpha value is -2.47. The fourth-order valence-electron chi connectivity index (χ4n) is 2.37. The summed E-state index contributed by atoms with van der Waals surface area (Å²) in [4.78, 5) is 0. The summed E-state index contributed by atoms with van der Waals surface area (Å²) >= 11 is 0. The molecule has 0 amide bonds. The van der Waals surface area contributed by atoms with Crippen LogP contribution in [0.3, 0.4) is 0 Å². The largest absolute Gasteiger partial charge is 0.494 e. The van der Waals surface area contributed by atoms with Crippen LogP contribution in [-0.4, -0.2) is 13.2 Å². The Morgan fingerprint density at radius 1 is 0.957 bits per heavy atom. The fourth-order valence-corrected chi connectivity index (χ4v) is 2.37. The maximum absolute atomic E-state index is 9.39. The smallest absolute Gasteiger partial charge is 0.119 e. The molecule has 0 aliphatic rings. The van der Waals surface area contributed by atoms with Crippen molar-refractivity contribution in [3.63, 3.8) is 0 Å². The van der Waals surface area contributed by atoms with Crippen molar-refractivity contribution in [3.8, 4) is 17.6 Å². The summed E-state index contributed by atoms with van der Waals surface area (Å²) in [5, 5.41) is 9.39. The predicted molar refractivity (Wildman–Crippen MR) is 92.0 cm³/mol. The van der Waals surface area contributed by atoms with Crippen molar-refractivity contribution >= 4 is 0 Å². The van der Waals surface area contributed by atoms with Crippen LogP contribution in [0, 0.1) is 25.2 Å². The highest BCUT2D eigenvalue weighted by molar-refractivity contribution is 5.34. The predicted octanol–water partition coefficient (Wildman–Crippen LogP) is 4.78. The summed E-state index contributed by atoms with van der Waals surface area (Å²) in [5.41, 5.74) is 3.46. The topological polar surface area (TPSA) is 42.2 Å². The molecule has 0 saturated heterocycles. The first kappa shape index (κ1) is 16.9. The highest BCUT2D eigenvalue weighted by Crippen LogP contribution is 2.23. The van der Waals surface area contributed by atoms with Gasteiger partial charge in [0.25, 0.3) is 0 Å². The van der Waals surface area contributed by atoms with E-state index >= 15 is 0 Å². The van der Waals surface area contributed by atoms with Crippen molar-refractivity contribution in [2.75, 3.05) is 13.2 Å². The Bertz CT molecular complexity index is 671. The molecule has 0 aromatic heterocycles. The maximum atomic E-state index is 9.39. The first-order valence-corrected chi connectivity index (χ1v) is 7.96. The van der Waals surface area contributed by atoms with Crippen LogP contribution in [0.15, 0.2) is 42.5 Å². The van der Waals surface area contributed by atoms with Crippen LogP contribution in [0.4, 0.5) is 0 Å². The van der Waals surface area contributed by atoms with Gasteiger partial charge < -0.3 is 9.47 Å². The number of hydrogen-bond donors (Lipinski definition) is 0. The van der Waals surface area contributed by atoms with Crippen LogP contribution in [-0.2, 0) is 0 Å². The normalized spacial score (nSPS) is 11.6. The van der Waals surface area contributed by atoms with Gasteiger partial charge in [0.15, 0.2) is 0 Å². The fraction of sp³-hybridized carbons (Fsp3) is 0.350. The van der Waals surface area contributed by atoms with Gasteiger partial charge in [-0.1, -0.05) is 18.2 Å². The van der Waals surface area contributed by atoms with Gasteiger partial charge in [0.05, 0.1) is 25.2 Å². The van der Waals surface area contributed by atoms with Crippen molar-refractivity contribution in [2.24, 2.45) is 0 Å². The zero-order valence-corrected chi connectivity index (χ0v) is 14.0.